The van der Waals surface area contributed by atoms with E-state index in [9.17, 15) is 0 Å². The molecule has 0 atom stereocenters. The van der Waals surface area contributed by atoms with E-state index >= 15 is 0 Å². The third-order valence-electron chi connectivity index (χ3n) is 1.95. The van der Waals surface area contributed by atoms with Gasteiger partial charge in [-0.05, 0) is 44.0 Å². The highest BCUT2D eigenvalue weighted by molar-refractivity contribution is 9.10. The maximum atomic E-state index is 4.41. The van der Waals surface area contributed by atoms with Crippen LogP contribution in [0.4, 0.5) is 0 Å². The standard InChI is InChI=1S/C9H8Br2N2/c1-2-8-12-9(11)7-4-3-6(10)5-13(7)8/h3-5H,2H2,1H3. The third kappa shape index (κ3) is 1.53. The van der Waals surface area contributed by atoms with Crippen LogP contribution in [0.3, 0.4) is 0 Å². The average molecular weight is 304 g/mol. The normalized spacial score (nSPS) is 11.0. The van der Waals surface area contributed by atoms with Crippen molar-refractivity contribution >= 4 is 37.4 Å². The van der Waals surface area contributed by atoms with Gasteiger partial charge in [-0.1, -0.05) is 6.92 Å². The first-order valence-electron chi connectivity index (χ1n) is 4.04. The molecule has 0 spiro atoms. The van der Waals surface area contributed by atoms with Gasteiger partial charge in [0.25, 0.3) is 0 Å². The molecule has 0 saturated heterocycles. The van der Waals surface area contributed by atoms with E-state index < -0.39 is 0 Å². The van der Waals surface area contributed by atoms with Crippen LogP contribution in [0.2, 0.25) is 0 Å². The molecule has 4 heteroatoms. The monoisotopic (exact) mass is 302 g/mol. The van der Waals surface area contributed by atoms with E-state index in [-0.39, 0.29) is 0 Å². The molecule has 2 aromatic heterocycles. The minimum absolute atomic E-state index is 0.914. The summed E-state index contributed by atoms with van der Waals surface area (Å²) in [6.07, 6.45) is 2.97. The minimum Gasteiger partial charge on any atom is -0.301 e. The SMILES string of the molecule is CCc1nc(Br)c2ccc(Br)cn12. The molecule has 2 heterocycles. The van der Waals surface area contributed by atoms with Crippen LogP contribution >= 0.6 is 31.9 Å². The number of hydrogen-bond acceptors (Lipinski definition) is 1. The zero-order valence-electron chi connectivity index (χ0n) is 7.09. The highest BCUT2D eigenvalue weighted by Crippen LogP contribution is 2.21. The van der Waals surface area contributed by atoms with Crippen molar-refractivity contribution in [1.29, 1.82) is 0 Å². The summed E-state index contributed by atoms with van der Waals surface area (Å²) < 4.78 is 4.07. The fourth-order valence-electron chi connectivity index (χ4n) is 1.33. The van der Waals surface area contributed by atoms with E-state index in [4.69, 9.17) is 0 Å². The molecule has 0 aliphatic carbocycles. The van der Waals surface area contributed by atoms with Crippen LogP contribution < -0.4 is 0 Å². The van der Waals surface area contributed by atoms with Crippen LogP contribution in [0.5, 0.6) is 0 Å². The highest BCUT2D eigenvalue weighted by Gasteiger charge is 2.06. The van der Waals surface area contributed by atoms with Gasteiger partial charge in [-0.3, -0.25) is 0 Å². The summed E-state index contributed by atoms with van der Waals surface area (Å²) in [4.78, 5) is 4.41. The second kappa shape index (κ2) is 3.42. The molecule has 0 fully saturated rings. The molecule has 0 bridgehead atoms. The number of nitrogens with zero attached hydrogens (tertiary/aromatic N) is 2. The second-order valence-electron chi connectivity index (χ2n) is 2.77. The van der Waals surface area contributed by atoms with Gasteiger partial charge in [0.1, 0.15) is 10.4 Å². The molecule has 0 unspecified atom stereocenters. The molecule has 2 aromatic rings. The number of aryl methyl sites for hydroxylation is 1. The summed E-state index contributed by atoms with van der Waals surface area (Å²) in [6.45, 7) is 2.10. The lowest BCUT2D eigenvalue weighted by molar-refractivity contribution is 0.929. The first-order chi connectivity index (χ1) is 6.22. The van der Waals surface area contributed by atoms with Crippen LogP contribution in [0.1, 0.15) is 12.7 Å². The Morgan fingerprint density at radius 3 is 2.85 bits per heavy atom. The number of fused-ring (bicyclic) bond motifs is 1. The number of halogens is 2. The van der Waals surface area contributed by atoms with E-state index in [2.05, 4.69) is 48.2 Å². The lowest BCUT2D eigenvalue weighted by atomic mass is 10.4. The number of imidazole rings is 1. The molecular formula is C9H8Br2N2. The van der Waals surface area contributed by atoms with Gasteiger partial charge in [0.2, 0.25) is 0 Å². The summed E-state index contributed by atoms with van der Waals surface area (Å²) in [5.41, 5.74) is 1.11. The number of aromatic nitrogens is 2. The van der Waals surface area contributed by atoms with Gasteiger partial charge in [0, 0.05) is 17.1 Å². The Morgan fingerprint density at radius 1 is 1.38 bits per heavy atom. The first kappa shape index (κ1) is 9.21. The van der Waals surface area contributed by atoms with Crippen molar-refractivity contribution in [3.05, 3.63) is 33.2 Å². The maximum absolute atomic E-state index is 4.41. The van der Waals surface area contributed by atoms with Gasteiger partial charge in [0.15, 0.2) is 0 Å². The fourth-order valence-corrected chi connectivity index (χ4v) is 2.20. The van der Waals surface area contributed by atoms with Crippen LogP contribution in [0.25, 0.3) is 5.52 Å². The Bertz CT molecular complexity index is 448. The van der Waals surface area contributed by atoms with E-state index in [0.29, 0.717) is 0 Å². The Balaban J connectivity index is 2.81. The van der Waals surface area contributed by atoms with Crippen LogP contribution in [0.15, 0.2) is 27.4 Å². The van der Waals surface area contributed by atoms with Crippen molar-refractivity contribution in [3.8, 4) is 0 Å². The van der Waals surface area contributed by atoms with Crippen molar-refractivity contribution in [2.75, 3.05) is 0 Å². The molecule has 0 aromatic carbocycles. The van der Waals surface area contributed by atoms with Crippen LogP contribution in [0, 0.1) is 0 Å². The fraction of sp³-hybridized carbons (Fsp3) is 0.222. The molecule has 2 rings (SSSR count). The van der Waals surface area contributed by atoms with Crippen molar-refractivity contribution in [2.24, 2.45) is 0 Å². The third-order valence-corrected chi connectivity index (χ3v) is 3.00. The van der Waals surface area contributed by atoms with Gasteiger partial charge in [-0.2, -0.15) is 0 Å². The van der Waals surface area contributed by atoms with Crippen molar-refractivity contribution in [1.82, 2.24) is 9.38 Å². The van der Waals surface area contributed by atoms with Gasteiger partial charge in [-0.15, -0.1) is 0 Å². The summed E-state index contributed by atoms with van der Waals surface area (Å²) in [7, 11) is 0. The molecule has 13 heavy (non-hydrogen) atoms. The van der Waals surface area contributed by atoms with E-state index in [1.165, 1.54) is 0 Å². The lowest BCUT2D eigenvalue weighted by Gasteiger charge is -1.97. The van der Waals surface area contributed by atoms with Crippen molar-refractivity contribution < 1.29 is 0 Å². The number of rotatable bonds is 1. The minimum atomic E-state index is 0.914. The van der Waals surface area contributed by atoms with Gasteiger partial charge in [-0.25, -0.2) is 4.98 Å². The van der Waals surface area contributed by atoms with E-state index in [0.717, 1.165) is 26.8 Å². The first-order valence-corrected chi connectivity index (χ1v) is 5.63. The largest absolute Gasteiger partial charge is 0.301 e. The van der Waals surface area contributed by atoms with Crippen LogP contribution in [-0.4, -0.2) is 9.38 Å². The van der Waals surface area contributed by atoms with Gasteiger partial charge in [0.05, 0.1) is 5.52 Å². The molecular weight excluding hydrogens is 296 g/mol. The molecule has 0 aliphatic rings. The van der Waals surface area contributed by atoms with Crippen molar-refractivity contribution in [3.63, 3.8) is 0 Å². The van der Waals surface area contributed by atoms with Gasteiger partial charge >= 0.3 is 0 Å². The Labute approximate surface area is 93.2 Å². The predicted octanol–water partition coefficient (Wildman–Crippen LogP) is 3.42. The predicted molar refractivity (Wildman–Crippen MR) is 60.0 cm³/mol. The zero-order chi connectivity index (χ0) is 9.42. The second-order valence-corrected chi connectivity index (χ2v) is 4.44. The summed E-state index contributed by atoms with van der Waals surface area (Å²) in [6, 6.07) is 4.06. The lowest BCUT2D eigenvalue weighted by Crippen LogP contribution is -1.91. The van der Waals surface area contributed by atoms with E-state index in [1.54, 1.807) is 0 Å². The van der Waals surface area contributed by atoms with E-state index in [1.807, 2.05) is 18.3 Å². The van der Waals surface area contributed by atoms with Crippen LogP contribution in [-0.2, 0) is 6.42 Å². The summed E-state index contributed by atoms with van der Waals surface area (Å²) in [5, 5.41) is 0. The smallest absolute Gasteiger partial charge is 0.132 e. The van der Waals surface area contributed by atoms with Gasteiger partial charge < -0.3 is 4.40 Å². The number of pyridine rings is 1. The molecule has 0 amide bonds. The Morgan fingerprint density at radius 2 is 2.15 bits per heavy atom. The number of hydrogen-bond donors (Lipinski definition) is 0. The quantitative estimate of drug-likeness (QED) is 0.789. The average Bonchev–Trinajstić information content (AvgIpc) is 2.42. The summed E-state index contributed by atoms with van der Waals surface area (Å²) >= 11 is 6.88. The topological polar surface area (TPSA) is 17.3 Å². The maximum Gasteiger partial charge on any atom is 0.132 e. The van der Waals surface area contributed by atoms with Crippen molar-refractivity contribution in [2.45, 2.75) is 13.3 Å². The molecule has 0 N–H and O–H groups in total. The zero-order valence-corrected chi connectivity index (χ0v) is 10.3. The Kier molecular flexibility index (Phi) is 2.43. The Hall–Kier alpha value is -0.350. The molecule has 68 valence electrons. The molecule has 2 nitrogen and oxygen atoms in total. The summed E-state index contributed by atoms with van der Waals surface area (Å²) in [5.74, 6) is 1.07. The molecule has 0 aliphatic heterocycles. The molecule has 0 saturated carbocycles. The molecule has 0 radical (unpaired) electrons. The highest BCUT2D eigenvalue weighted by atomic mass is 79.9.